The van der Waals surface area contributed by atoms with Crippen LogP contribution < -0.4 is 10.9 Å². The van der Waals surface area contributed by atoms with E-state index in [0.717, 1.165) is 12.1 Å². The lowest BCUT2D eigenvalue weighted by Gasteiger charge is -2.35. The van der Waals surface area contributed by atoms with Crippen LogP contribution in [0.2, 0.25) is 31.5 Å². The van der Waals surface area contributed by atoms with Crippen LogP contribution in [0.1, 0.15) is 61.9 Å². The van der Waals surface area contributed by atoms with Crippen LogP contribution in [0.15, 0.2) is 70.3 Å². The molecule has 0 saturated heterocycles. The Hall–Kier alpha value is -2.39. The van der Waals surface area contributed by atoms with E-state index in [4.69, 9.17) is 4.99 Å². The molecule has 0 aromatic heterocycles. The number of hydrogen-bond acceptors (Lipinski definition) is 1. The second-order valence-corrected chi connectivity index (χ2v) is 18.8. The van der Waals surface area contributed by atoms with Crippen LogP contribution in [-0.2, 0) is 0 Å². The summed E-state index contributed by atoms with van der Waals surface area (Å²) in [4.78, 5) is 4.81. The zero-order chi connectivity index (χ0) is 28.4. The first-order valence-corrected chi connectivity index (χ1v) is 18.1. The molecule has 2 atom stereocenters. The first-order chi connectivity index (χ1) is 17.7. The Balaban J connectivity index is 2.18. The Labute approximate surface area is 235 Å². The molecule has 0 aliphatic heterocycles. The Morgan fingerprint density at radius 2 is 1.58 bits per heavy atom. The molecule has 2 unspecified atom stereocenters. The molecule has 0 N–H and O–H groups in total. The molecule has 202 valence electrons. The normalized spacial score (nSPS) is 18.8. The predicted octanol–water partition coefficient (Wildman–Crippen LogP) is 8.54. The summed E-state index contributed by atoms with van der Waals surface area (Å²) in [6, 6.07) is 13.2. The van der Waals surface area contributed by atoms with Crippen molar-refractivity contribution in [2.45, 2.75) is 93.3 Å². The van der Waals surface area contributed by atoms with Gasteiger partial charge in [0.2, 0.25) is 6.71 Å². The number of aryl methyl sites for hydroxylation is 4. The highest BCUT2D eigenvalue weighted by atomic mass is 28.3. The number of rotatable bonds is 8. The van der Waals surface area contributed by atoms with Crippen LogP contribution in [0.5, 0.6) is 0 Å². The molecular weight excluding hydrogens is 473 g/mol. The highest BCUT2D eigenvalue weighted by Gasteiger charge is 2.37. The standard InChI is InChI=1S/C35H50BNSi/c1-23(15-16-38(10,11)12)21-33(37-9)32-22-31(14-13-26(32)4)36(34-27(5)17-24(2)18-28(34)6)35-29(7)19-25(3)20-30(35)8/h13-14,17-22,27,34H,15-16H2,1-12H3/b23-21-,37-33-. The minimum atomic E-state index is -1.08. The third kappa shape index (κ3) is 7.17. The maximum atomic E-state index is 4.81. The predicted molar refractivity (Wildman–Crippen MR) is 176 cm³/mol. The van der Waals surface area contributed by atoms with Crippen LogP contribution in [0.25, 0.3) is 0 Å². The SMILES string of the molecule is C/N=C(/C=C(/C)CC[Si](C)(C)C)c1cc(B(c2c(C)cc(C)cc2C)C2C(C)=CC(C)=CC2C)ccc1C. The lowest BCUT2D eigenvalue weighted by atomic mass is 9.29. The van der Waals surface area contributed by atoms with Gasteiger partial charge in [0, 0.05) is 20.7 Å². The zero-order valence-corrected chi connectivity index (χ0v) is 27.2. The molecule has 1 aliphatic rings. The summed E-state index contributed by atoms with van der Waals surface area (Å²) in [6.07, 6.45) is 8.36. The van der Waals surface area contributed by atoms with E-state index in [9.17, 15) is 0 Å². The van der Waals surface area contributed by atoms with Crippen molar-refractivity contribution in [3.8, 4) is 0 Å². The molecule has 0 fully saturated rings. The van der Waals surface area contributed by atoms with Crippen molar-refractivity contribution in [2.75, 3.05) is 7.05 Å². The number of hydrogen-bond donors (Lipinski definition) is 0. The average Bonchev–Trinajstić information content (AvgIpc) is 2.79. The van der Waals surface area contributed by atoms with Crippen molar-refractivity contribution in [3.05, 3.63) is 93.1 Å². The van der Waals surface area contributed by atoms with Gasteiger partial charge in [0.1, 0.15) is 0 Å². The Morgan fingerprint density at radius 3 is 2.13 bits per heavy atom. The molecule has 0 saturated carbocycles. The third-order valence-corrected chi connectivity index (χ3v) is 10.0. The van der Waals surface area contributed by atoms with Gasteiger partial charge in [-0.2, -0.15) is 0 Å². The van der Waals surface area contributed by atoms with Crippen LogP contribution in [0.4, 0.5) is 0 Å². The second-order valence-electron chi connectivity index (χ2n) is 13.2. The monoisotopic (exact) mass is 523 g/mol. The minimum absolute atomic E-state index is 0.292. The van der Waals surface area contributed by atoms with E-state index in [0.29, 0.717) is 18.4 Å². The lowest BCUT2D eigenvalue weighted by molar-refractivity contribution is 0.689. The van der Waals surface area contributed by atoms with Crippen LogP contribution >= 0.6 is 0 Å². The summed E-state index contributed by atoms with van der Waals surface area (Å²) >= 11 is 0. The summed E-state index contributed by atoms with van der Waals surface area (Å²) in [5, 5.41) is 0. The van der Waals surface area contributed by atoms with Crippen LogP contribution in [-0.4, -0.2) is 27.5 Å². The molecular formula is C35H50BNSi. The first-order valence-electron chi connectivity index (χ1n) is 14.4. The van der Waals surface area contributed by atoms with Crippen molar-refractivity contribution in [3.63, 3.8) is 0 Å². The molecule has 3 rings (SSSR count). The Bertz CT molecular complexity index is 1280. The Morgan fingerprint density at radius 1 is 0.947 bits per heavy atom. The molecule has 1 aliphatic carbocycles. The third-order valence-electron chi connectivity index (χ3n) is 8.27. The molecule has 0 spiro atoms. The van der Waals surface area contributed by atoms with E-state index >= 15 is 0 Å². The molecule has 0 radical (unpaired) electrons. The minimum Gasteiger partial charge on any atom is -0.288 e. The summed E-state index contributed by atoms with van der Waals surface area (Å²) in [6.45, 7) is 25.9. The molecule has 2 aromatic rings. The van der Waals surface area contributed by atoms with Crippen molar-refractivity contribution in [2.24, 2.45) is 10.9 Å². The van der Waals surface area contributed by atoms with Gasteiger partial charge in [-0.1, -0.05) is 119 Å². The lowest BCUT2D eigenvalue weighted by Crippen LogP contribution is -2.51. The van der Waals surface area contributed by atoms with Gasteiger partial charge in [0.05, 0.1) is 5.71 Å². The summed E-state index contributed by atoms with van der Waals surface area (Å²) in [5.41, 5.74) is 15.0. The molecule has 2 aromatic carbocycles. The van der Waals surface area contributed by atoms with E-state index in [1.54, 1.807) is 0 Å². The van der Waals surface area contributed by atoms with Gasteiger partial charge in [-0.25, -0.2) is 0 Å². The topological polar surface area (TPSA) is 12.4 Å². The van der Waals surface area contributed by atoms with E-state index in [2.05, 4.69) is 124 Å². The average molecular weight is 524 g/mol. The number of aliphatic imine (C=N–C) groups is 1. The molecule has 0 heterocycles. The van der Waals surface area contributed by atoms with E-state index < -0.39 is 8.07 Å². The van der Waals surface area contributed by atoms with Crippen molar-refractivity contribution >= 4 is 31.4 Å². The van der Waals surface area contributed by atoms with Crippen molar-refractivity contribution in [1.82, 2.24) is 0 Å². The fraction of sp³-hybridized carbons (Fsp3) is 0.457. The highest BCUT2D eigenvalue weighted by Crippen LogP contribution is 2.37. The summed E-state index contributed by atoms with van der Waals surface area (Å²) < 4.78 is 0. The van der Waals surface area contributed by atoms with Gasteiger partial charge in [0.25, 0.3) is 0 Å². The Kier molecular flexibility index (Phi) is 9.68. The maximum absolute atomic E-state index is 4.81. The van der Waals surface area contributed by atoms with Gasteiger partial charge in [-0.05, 0) is 78.3 Å². The largest absolute Gasteiger partial charge is 0.288 e. The molecule has 38 heavy (non-hydrogen) atoms. The summed E-state index contributed by atoms with van der Waals surface area (Å²) in [7, 11) is 0.868. The van der Waals surface area contributed by atoms with Gasteiger partial charge in [-0.3, -0.25) is 4.99 Å². The van der Waals surface area contributed by atoms with Crippen molar-refractivity contribution < 1.29 is 0 Å². The fourth-order valence-corrected chi connectivity index (χ4v) is 7.63. The second kappa shape index (κ2) is 12.2. The molecule has 0 bridgehead atoms. The number of nitrogens with zero attached hydrogens (tertiary/aromatic N) is 1. The van der Waals surface area contributed by atoms with Crippen molar-refractivity contribution in [1.29, 1.82) is 0 Å². The molecule has 3 heteroatoms. The summed E-state index contributed by atoms with van der Waals surface area (Å²) in [5.74, 6) is 0.892. The molecule has 1 nitrogen and oxygen atoms in total. The van der Waals surface area contributed by atoms with Crippen LogP contribution in [0.3, 0.4) is 0 Å². The van der Waals surface area contributed by atoms with Gasteiger partial charge < -0.3 is 0 Å². The smallest absolute Gasteiger partial charge is 0.217 e. The van der Waals surface area contributed by atoms with Gasteiger partial charge >= 0.3 is 0 Å². The fourth-order valence-electron chi connectivity index (χ4n) is 6.49. The van der Waals surface area contributed by atoms with Crippen LogP contribution in [0, 0.1) is 33.6 Å². The van der Waals surface area contributed by atoms with E-state index in [-0.39, 0.29) is 0 Å². The highest BCUT2D eigenvalue weighted by molar-refractivity contribution is 6.87. The first kappa shape index (κ1) is 30.2. The van der Waals surface area contributed by atoms with Gasteiger partial charge in [0.15, 0.2) is 0 Å². The number of allylic oxidation sites excluding steroid dienone is 6. The van der Waals surface area contributed by atoms with E-state index in [1.165, 1.54) is 61.5 Å². The quantitative estimate of drug-likeness (QED) is 0.243. The zero-order valence-electron chi connectivity index (χ0n) is 26.2. The van der Waals surface area contributed by atoms with Gasteiger partial charge in [-0.15, -0.1) is 0 Å². The number of benzene rings is 2. The maximum Gasteiger partial charge on any atom is 0.217 e. The van der Waals surface area contributed by atoms with E-state index in [1.807, 2.05) is 7.05 Å². The molecule has 0 amide bonds.